The van der Waals surface area contributed by atoms with Crippen molar-refractivity contribution in [3.05, 3.63) is 35.9 Å². The molecule has 3 heteroatoms. The molecule has 1 rings (SSSR count). The fourth-order valence-corrected chi connectivity index (χ4v) is 2.75. The van der Waals surface area contributed by atoms with Gasteiger partial charge in [0.1, 0.15) is 0 Å². The average Bonchev–Trinajstić information content (AvgIpc) is 2.51. The second-order valence-corrected chi connectivity index (χ2v) is 5.72. The van der Waals surface area contributed by atoms with Gasteiger partial charge in [-0.2, -0.15) is 0 Å². The van der Waals surface area contributed by atoms with Gasteiger partial charge in [0.2, 0.25) is 0 Å². The standard InChI is InChI=1S/C18H33N3/c1-4-20(5-2)13-10-14-21(6-3)16-18(19)15-17-11-8-7-9-12-17/h7-9,11-12,18H,4-6,10,13-16,19H2,1-3H3. The molecular formula is C18H33N3. The molecule has 0 fully saturated rings. The van der Waals surface area contributed by atoms with Gasteiger partial charge in [0.05, 0.1) is 0 Å². The summed E-state index contributed by atoms with van der Waals surface area (Å²) in [5, 5.41) is 0. The molecule has 0 heterocycles. The highest BCUT2D eigenvalue weighted by Crippen LogP contribution is 2.04. The molecule has 0 spiro atoms. The van der Waals surface area contributed by atoms with Gasteiger partial charge in [-0.15, -0.1) is 0 Å². The number of nitrogens with zero attached hydrogens (tertiary/aromatic N) is 2. The van der Waals surface area contributed by atoms with Crippen LogP contribution in [0.25, 0.3) is 0 Å². The van der Waals surface area contributed by atoms with E-state index in [0.717, 1.165) is 39.1 Å². The summed E-state index contributed by atoms with van der Waals surface area (Å²) < 4.78 is 0. The maximum atomic E-state index is 6.31. The Bertz CT molecular complexity index is 349. The molecule has 0 radical (unpaired) electrons. The van der Waals surface area contributed by atoms with Crippen LogP contribution >= 0.6 is 0 Å². The largest absolute Gasteiger partial charge is 0.326 e. The number of hydrogen-bond acceptors (Lipinski definition) is 3. The van der Waals surface area contributed by atoms with E-state index in [1.54, 1.807) is 0 Å². The van der Waals surface area contributed by atoms with Crippen LogP contribution in [0.1, 0.15) is 32.8 Å². The van der Waals surface area contributed by atoms with E-state index in [2.05, 4.69) is 60.9 Å². The van der Waals surface area contributed by atoms with Crippen molar-refractivity contribution < 1.29 is 0 Å². The van der Waals surface area contributed by atoms with Crippen LogP contribution < -0.4 is 5.73 Å². The van der Waals surface area contributed by atoms with E-state index in [4.69, 9.17) is 5.73 Å². The SMILES string of the molecule is CCN(CC)CCCN(CC)CC(N)Cc1ccccc1. The smallest absolute Gasteiger partial charge is 0.0208 e. The van der Waals surface area contributed by atoms with Crippen molar-refractivity contribution in [2.45, 2.75) is 39.7 Å². The van der Waals surface area contributed by atoms with E-state index in [1.807, 2.05) is 0 Å². The Balaban J connectivity index is 2.29. The molecule has 0 saturated carbocycles. The van der Waals surface area contributed by atoms with Crippen molar-refractivity contribution in [2.24, 2.45) is 5.73 Å². The molecule has 0 amide bonds. The molecular weight excluding hydrogens is 258 g/mol. The van der Waals surface area contributed by atoms with Crippen LogP contribution in [0.3, 0.4) is 0 Å². The monoisotopic (exact) mass is 291 g/mol. The van der Waals surface area contributed by atoms with Gasteiger partial charge in [-0.3, -0.25) is 0 Å². The summed E-state index contributed by atoms with van der Waals surface area (Å²) >= 11 is 0. The van der Waals surface area contributed by atoms with Crippen LogP contribution in [-0.4, -0.2) is 55.1 Å². The first-order chi connectivity index (χ1) is 10.2. The lowest BCUT2D eigenvalue weighted by molar-refractivity contribution is 0.234. The van der Waals surface area contributed by atoms with Gasteiger partial charge < -0.3 is 15.5 Å². The summed E-state index contributed by atoms with van der Waals surface area (Å²) in [4.78, 5) is 4.97. The first kappa shape index (κ1) is 18.1. The van der Waals surface area contributed by atoms with Crippen molar-refractivity contribution in [2.75, 3.05) is 39.3 Å². The van der Waals surface area contributed by atoms with Crippen molar-refractivity contribution in [3.63, 3.8) is 0 Å². The lowest BCUT2D eigenvalue weighted by atomic mass is 10.1. The predicted molar refractivity (Wildman–Crippen MR) is 92.6 cm³/mol. The summed E-state index contributed by atoms with van der Waals surface area (Å²) in [5.41, 5.74) is 7.65. The van der Waals surface area contributed by atoms with Crippen LogP contribution in [-0.2, 0) is 6.42 Å². The molecule has 0 saturated heterocycles. The maximum absolute atomic E-state index is 6.31. The third-order valence-corrected chi connectivity index (χ3v) is 4.12. The normalized spacial score (nSPS) is 13.0. The lowest BCUT2D eigenvalue weighted by Gasteiger charge is -2.26. The van der Waals surface area contributed by atoms with Crippen LogP contribution in [0.15, 0.2) is 30.3 Å². The van der Waals surface area contributed by atoms with E-state index in [1.165, 1.54) is 18.5 Å². The predicted octanol–water partition coefficient (Wildman–Crippen LogP) is 2.61. The lowest BCUT2D eigenvalue weighted by Crippen LogP contribution is -2.40. The molecule has 1 aromatic carbocycles. The fourth-order valence-electron chi connectivity index (χ4n) is 2.75. The topological polar surface area (TPSA) is 32.5 Å². The Kier molecular flexibility index (Phi) is 9.31. The zero-order chi connectivity index (χ0) is 15.5. The molecule has 1 aromatic rings. The highest BCUT2D eigenvalue weighted by molar-refractivity contribution is 5.15. The second-order valence-electron chi connectivity index (χ2n) is 5.72. The van der Waals surface area contributed by atoms with Gasteiger partial charge in [-0.05, 0) is 51.1 Å². The summed E-state index contributed by atoms with van der Waals surface area (Å²) in [6.45, 7) is 13.4. The molecule has 0 aromatic heterocycles. The number of nitrogens with two attached hydrogens (primary N) is 1. The number of likely N-dealkylation sites (N-methyl/N-ethyl adjacent to an activating group) is 1. The fraction of sp³-hybridized carbons (Fsp3) is 0.667. The Labute approximate surface area is 131 Å². The molecule has 2 N–H and O–H groups in total. The quantitative estimate of drug-likeness (QED) is 0.680. The molecule has 21 heavy (non-hydrogen) atoms. The van der Waals surface area contributed by atoms with Crippen LogP contribution in [0, 0.1) is 0 Å². The summed E-state index contributed by atoms with van der Waals surface area (Å²) in [6, 6.07) is 10.8. The minimum atomic E-state index is 0.223. The van der Waals surface area contributed by atoms with E-state index >= 15 is 0 Å². The number of benzene rings is 1. The zero-order valence-electron chi connectivity index (χ0n) is 14.1. The molecule has 1 atom stereocenters. The second kappa shape index (κ2) is 10.8. The van der Waals surface area contributed by atoms with Gasteiger partial charge in [-0.25, -0.2) is 0 Å². The molecule has 0 aliphatic rings. The number of hydrogen-bond donors (Lipinski definition) is 1. The molecule has 1 unspecified atom stereocenters. The Morgan fingerprint density at radius 2 is 1.48 bits per heavy atom. The van der Waals surface area contributed by atoms with Crippen molar-refractivity contribution in [1.29, 1.82) is 0 Å². The Hall–Kier alpha value is -0.900. The van der Waals surface area contributed by atoms with Crippen molar-refractivity contribution in [3.8, 4) is 0 Å². The van der Waals surface area contributed by atoms with Gasteiger partial charge in [0.25, 0.3) is 0 Å². The van der Waals surface area contributed by atoms with Crippen molar-refractivity contribution >= 4 is 0 Å². The molecule has 120 valence electrons. The van der Waals surface area contributed by atoms with E-state index in [0.29, 0.717) is 0 Å². The van der Waals surface area contributed by atoms with E-state index in [-0.39, 0.29) is 6.04 Å². The minimum absolute atomic E-state index is 0.223. The molecule has 0 aliphatic carbocycles. The molecule has 3 nitrogen and oxygen atoms in total. The Morgan fingerprint density at radius 3 is 2.05 bits per heavy atom. The van der Waals surface area contributed by atoms with Crippen LogP contribution in [0.2, 0.25) is 0 Å². The van der Waals surface area contributed by atoms with Crippen LogP contribution in [0.4, 0.5) is 0 Å². The highest BCUT2D eigenvalue weighted by atomic mass is 15.1. The maximum Gasteiger partial charge on any atom is 0.0208 e. The summed E-state index contributed by atoms with van der Waals surface area (Å²) in [6.07, 6.45) is 2.20. The zero-order valence-corrected chi connectivity index (χ0v) is 14.1. The van der Waals surface area contributed by atoms with Crippen LogP contribution in [0.5, 0.6) is 0 Å². The van der Waals surface area contributed by atoms with E-state index in [9.17, 15) is 0 Å². The average molecular weight is 291 g/mol. The molecule has 0 aliphatic heterocycles. The van der Waals surface area contributed by atoms with Gasteiger partial charge in [0, 0.05) is 12.6 Å². The minimum Gasteiger partial charge on any atom is -0.326 e. The van der Waals surface area contributed by atoms with Crippen molar-refractivity contribution in [1.82, 2.24) is 9.80 Å². The first-order valence-corrected chi connectivity index (χ1v) is 8.43. The third kappa shape index (κ3) is 7.60. The first-order valence-electron chi connectivity index (χ1n) is 8.43. The highest BCUT2D eigenvalue weighted by Gasteiger charge is 2.10. The molecule has 0 bridgehead atoms. The third-order valence-electron chi connectivity index (χ3n) is 4.12. The Morgan fingerprint density at radius 1 is 0.905 bits per heavy atom. The summed E-state index contributed by atoms with van der Waals surface area (Å²) in [5.74, 6) is 0. The van der Waals surface area contributed by atoms with E-state index < -0.39 is 0 Å². The summed E-state index contributed by atoms with van der Waals surface area (Å²) in [7, 11) is 0. The van der Waals surface area contributed by atoms with Gasteiger partial charge in [-0.1, -0.05) is 51.1 Å². The van der Waals surface area contributed by atoms with Gasteiger partial charge in [0.15, 0.2) is 0 Å². The van der Waals surface area contributed by atoms with Gasteiger partial charge >= 0.3 is 0 Å². The number of rotatable bonds is 11.